The lowest BCUT2D eigenvalue weighted by Gasteiger charge is -2.03. The lowest BCUT2D eigenvalue weighted by molar-refractivity contribution is 0.340. The summed E-state index contributed by atoms with van der Waals surface area (Å²) >= 11 is 1.52. The molecule has 0 atom stereocenters. The van der Waals surface area contributed by atoms with E-state index < -0.39 is 0 Å². The van der Waals surface area contributed by atoms with E-state index in [1.807, 2.05) is 43.3 Å². The van der Waals surface area contributed by atoms with Crippen molar-refractivity contribution in [2.24, 2.45) is 0 Å². The zero-order chi connectivity index (χ0) is 16.5. The molecule has 5 nitrogen and oxygen atoms in total. The number of hydrogen-bond donors (Lipinski definition) is 0. The van der Waals surface area contributed by atoms with Gasteiger partial charge in [0.05, 0.1) is 6.61 Å². The van der Waals surface area contributed by atoms with Crippen LogP contribution in [0.2, 0.25) is 0 Å². The van der Waals surface area contributed by atoms with Crippen LogP contribution in [0.15, 0.2) is 48.5 Å². The first-order valence-electron chi connectivity index (χ1n) is 7.77. The number of nitrogens with zero attached hydrogens (tertiary/aromatic N) is 4. The molecule has 0 aliphatic rings. The van der Waals surface area contributed by atoms with Crippen LogP contribution in [0.25, 0.3) is 26.9 Å². The molecule has 0 saturated carbocycles. The molecule has 0 spiro atoms. The molecule has 0 aliphatic heterocycles. The molecule has 4 aromatic rings. The molecule has 2 heterocycles. The monoisotopic (exact) mass is 336 g/mol. The van der Waals surface area contributed by atoms with E-state index in [0.717, 1.165) is 32.7 Å². The largest absolute Gasteiger partial charge is 0.494 e. The minimum Gasteiger partial charge on any atom is -0.494 e. The van der Waals surface area contributed by atoms with Crippen LogP contribution in [0, 0.1) is 6.92 Å². The van der Waals surface area contributed by atoms with Crippen molar-refractivity contribution in [3.8, 4) is 27.7 Å². The third kappa shape index (κ3) is 2.65. The first-order chi connectivity index (χ1) is 11.7. The Kier molecular flexibility index (Phi) is 3.74. The molecular formula is C18H16N4OS. The fourth-order valence-corrected chi connectivity index (χ4v) is 3.34. The molecule has 120 valence electrons. The lowest BCUT2D eigenvalue weighted by atomic mass is 10.1. The predicted octanol–water partition coefficient (Wildman–Crippen LogP) is 4.23. The lowest BCUT2D eigenvalue weighted by Crippen LogP contribution is -1.92. The van der Waals surface area contributed by atoms with Gasteiger partial charge in [0, 0.05) is 11.1 Å². The van der Waals surface area contributed by atoms with Crippen LogP contribution in [-0.4, -0.2) is 26.4 Å². The molecule has 0 N–H and O–H groups in total. The molecule has 2 aromatic carbocycles. The van der Waals surface area contributed by atoms with Crippen molar-refractivity contribution in [3.05, 3.63) is 54.1 Å². The van der Waals surface area contributed by atoms with Gasteiger partial charge in [-0.25, -0.2) is 0 Å². The maximum absolute atomic E-state index is 5.57. The average molecular weight is 336 g/mol. The zero-order valence-electron chi connectivity index (χ0n) is 13.4. The zero-order valence-corrected chi connectivity index (χ0v) is 14.2. The molecule has 2 aromatic heterocycles. The summed E-state index contributed by atoms with van der Waals surface area (Å²) in [5.41, 5.74) is 3.24. The number of hydrogen-bond acceptors (Lipinski definition) is 5. The summed E-state index contributed by atoms with van der Waals surface area (Å²) in [5.74, 6) is 1.60. The van der Waals surface area contributed by atoms with Crippen LogP contribution in [0.5, 0.6) is 5.75 Å². The molecule has 0 amide bonds. The minimum absolute atomic E-state index is 0.645. The van der Waals surface area contributed by atoms with Crippen LogP contribution < -0.4 is 4.74 Å². The highest BCUT2D eigenvalue weighted by Crippen LogP contribution is 2.30. The van der Waals surface area contributed by atoms with Gasteiger partial charge in [0.2, 0.25) is 4.96 Å². The summed E-state index contributed by atoms with van der Waals surface area (Å²) in [6, 6.07) is 16.2. The van der Waals surface area contributed by atoms with Gasteiger partial charge < -0.3 is 4.74 Å². The van der Waals surface area contributed by atoms with E-state index in [9.17, 15) is 0 Å². The van der Waals surface area contributed by atoms with E-state index in [1.54, 1.807) is 4.52 Å². The summed E-state index contributed by atoms with van der Waals surface area (Å²) in [5, 5.41) is 14.1. The molecule has 0 aliphatic carbocycles. The van der Waals surface area contributed by atoms with Crippen molar-refractivity contribution in [1.29, 1.82) is 0 Å². The molecule has 0 unspecified atom stereocenters. The van der Waals surface area contributed by atoms with Gasteiger partial charge in [0.25, 0.3) is 0 Å². The van der Waals surface area contributed by atoms with Crippen molar-refractivity contribution < 1.29 is 4.74 Å². The van der Waals surface area contributed by atoms with Gasteiger partial charge in [-0.05, 0) is 26.0 Å². The van der Waals surface area contributed by atoms with Gasteiger partial charge in [-0.3, -0.25) is 0 Å². The summed E-state index contributed by atoms with van der Waals surface area (Å²) in [7, 11) is 0. The van der Waals surface area contributed by atoms with Gasteiger partial charge in [-0.2, -0.15) is 9.61 Å². The third-order valence-corrected chi connectivity index (χ3v) is 4.64. The second-order valence-electron chi connectivity index (χ2n) is 5.45. The Labute approximate surface area is 143 Å². The number of rotatable bonds is 4. The average Bonchev–Trinajstić information content (AvgIpc) is 3.17. The summed E-state index contributed by atoms with van der Waals surface area (Å²) in [6.07, 6.45) is 0. The maximum Gasteiger partial charge on any atom is 0.235 e. The van der Waals surface area contributed by atoms with E-state index in [2.05, 4.69) is 29.3 Å². The highest BCUT2D eigenvalue weighted by Gasteiger charge is 2.14. The Balaban J connectivity index is 1.77. The molecule has 24 heavy (non-hydrogen) atoms. The summed E-state index contributed by atoms with van der Waals surface area (Å²) in [6.45, 7) is 4.69. The molecule has 4 rings (SSSR count). The SMILES string of the molecule is CCOc1cccc(-c2nn3c(-c4ccc(C)cc4)nnc3s2)c1. The molecule has 0 fully saturated rings. The van der Waals surface area contributed by atoms with Gasteiger partial charge in [0.1, 0.15) is 10.8 Å². The number of aryl methyl sites for hydroxylation is 1. The normalized spacial score (nSPS) is 11.1. The molecule has 6 heteroatoms. The quantitative estimate of drug-likeness (QED) is 0.560. The fourth-order valence-electron chi connectivity index (χ4n) is 2.50. The Morgan fingerprint density at radius 2 is 1.88 bits per heavy atom. The molecule has 0 bridgehead atoms. The van der Waals surface area contributed by atoms with E-state index in [1.165, 1.54) is 16.9 Å². The molecule has 0 saturated heterocycles. The van der Waals surface area contributed by atoms with Crippen molar-refractivity contribution in [1.82, 2.24) is 19.8 Å². The standard InChI is InChI=1S/C18H16N4OS/c1-3-23-15-6-4-5-14(11-15)17-21-22-16(19-20-18(22)24-17)13-9-7-12(2)8-10-13/h4-11H,3H2,1-2H3. The smallest absolute Gasteiger partial charge is 0.235 e. The van der Waals surface area contributed by atoms with Gasteiger partial charge in [0.15, 0.2) is 5.82 Å². The molecular weight excluding hydrogens is 320 g/mol. The van der Waals surface area contributed by atoms with Crippen molar-refractivity contribution in [2.45, 2.75) is 13.8 Å². The van der Waals surface area contributed by atoms with Crippen LogP contribution in [0.1, 0.15) is 12.5 Å². The van der Waals surface area contributed by atoms with E-state index >= 15 is 0 Å². The van der Waals surface area contributed by atoms with Crippen LogP contribution in [0.4, 0.5) is 0 Å². The van der Waals surface area contributed by atoms with Gasteiger partial charge in [-0.15, -0.1) is 10.2 Å². The Bertz CT molecular complexity index is 988. The Morgan fingerprint density at radius 1 is 1.04 bits per heavy atom. The van der Waals surface area contributed by atoms with Crippen LogP contribution in [0.3, 0.4) is 0 Å². The molecule has 0 radical (unpaired) electrons. The topological polar surface area (TPSA) is 52.3 Å². The minimum atomic E-state index is 0.645. The summed E-state index contributed by atoms with van der Waals surface area (Å²) < 4.78 is 7.37. The van der Waals surface area contributed by atoms with Crippen molar-refractivity contribution >= 4 is 16.3 Å². The second kappa shape index (κ2) is 6.05. The van der Waals surface area contributed by atoms with E-state index in [0.29, 0.717) is 6.61 Å². The predicted molar refractivity (Wildman–Crippen MR) is 95.4 cm³/mol. The number of fused-ring (bicyclic) bond motifs is 1. The van der Waals surface area contributed by atoms with E-state index in [4.69, 9.17) is 9.84 Å². The number of aromatic nitrogens is 4. The van der Waals surface area contributed by atoms with Crippen LogP contribution >= 0.6 is 11.3 Å². The first-order valence-corrected chi connectivity index (χ1v) is 8.59. The highest BCUT2D eigenvalue weighted by molar-refractivity contribution is 7.19. The van der Waals surface area contributed by atoms with Crippen molar-refractivity contribution in [2.75, 3.05) is 6.61 Å². The fraction of sp³-hybridized carbons (Fsp3) is 0.167. The number of ether oxygens (including phenoxy) is 1. The summed E-state index contributed by atoms with van der Waals surface area (Å²) in [4.78, 5) is 0.780. The van der Waals surface area contributed by atoms with Crippen LogP contribution in [-0.2, 0) is 0 Å². The Hall–Kier alpha value is -2.73. The number of benzene rings is 2. The van der Waals surface area contributed by atoms with E-state index in [-0.39, 0.29) is 0 Å². The van der Waals surface area contributed by atoms with Crippen molar-refractivity contribution in [3.63, 3.8) is 0 Å². The first kappa shape index (κ1) is 14.8. The third-order valence-electron chi connectivity index (χ3n) is 3.69. The Morgan fingerprint density at radius 3 is 2.67 bits per heavy atom. The van der Waals surface area contributed by atoms with Gasteiger partial charge in [-0.1, -0.05) is 53.3 Å². The maximum atomic E-state index is 5.57. The second-order valence-corrected chi connectivity index (χ2v) is 6.41. The highest BCUT2D eigenvalue weighted by atomic mass is 32.1. The van der Waals surface area contributed by atoms with Gasteiger partial charge >= 0.3 is 0 Å².